The Kier molecular flexibility index (Phi) is 5.56. The first-order valence-corrected chi connectivity index (χ1v) is 7.40. The SMILES string of the molecule is NCc1ccccc1CC(=O)N1CCCC(CCO)C1. The number of rotatable bonds is 5. The van der Waals surface area contributed by atoms with Crippen LogP contribution >= 0.6 is 0 Å². The minimum absolute atomic E-state index is 0.175. The van der Waals surface area contributed by atoms with E-state index in [2.05, 4.69) is 0 Å². The molecular formula is C16H24N2O2. The van der Waals surface area contributed by atoms with Gasteiger partial charge in [0.15, 0.2) is 0 Å². The van der Waals surface area contributed by atoms with Gasteiger partial charge in [-0.05, 0) is 36.3 Å². The molecule has 2 rings (SSSR count). The van der Waals surface area contributed by atoms with Crippen molar-refractivity contribution in [3.63, 3.8) is 0 Å². The molecular weight excluding hydrogens is 252 g/mol. The third-order valence-electron chi connectivity index (χ3n) is 4.09. The van der Waals surface area contributed by atoms with E-state index in [0.29, 0.717) is 18.9 Å². The van der Waals surface area contributed by atoms with Crippen LogP contribution in [0.15, 0.2) is 24.3 Å². The van der Waals surface area contributed by atoms with Crippen LogP contribution in [0.3, 0.4) is 0 Å². The van der Waals surface area contributed by atoms with E-state index in [-0.39, 0.29) is 12.5 Å². The van der Waals surface area contributed by atoms with E-state index >= 15 is 0 Å². The number of nitrogens with zero attached hydrogens (tertiary/aromatic N) is 1. The molecule has 3 N–H and O–H groups in total. The molecule has 4 nitrogen and oxygen atoms in total. The molecule has 20 heavy (non-hydrogen) atoms. The molecule has 1 aliphatic heterocycles. The fourth-order valence-electron chi connectivity index (χ4n) is 2.91. The summed E-state index contributed by atoms with van der Waals surface area (Å²) in [5.74, 6) is 0.621. The number of carbonyl (C=O) groups is 1. The van der Waals surface area contributed by atoms with Crippen LogP contribution in [-0.2, 0) is 17.8 Å². The first-order chi connectivity index (χ1) is 9.74. The van der Waals surface area contributed by atoms with Crippen molar-refractivity contribution in [1.82, 2.24) is 4.90 Å². The molecule has 1 aliphatic rings. The van der Waals surface area contributed by atoms with Gasteiger partial charge in [-0.15, -0.1) is 0 Å². The van der Waals surface area contributed by atoms with Crippen LogP contribution in [0.4, 0.5) is 0 Å². The molecule has 1 amide bonds. The lowest BCUT2D eigenvalue weighted by atomic mass is 9.94. The molecule has 1 aromatic carbocycles. The smallest absolute Gasteiger partial charge is 0.227 e. The van der Waals surface area contributed by atoms with E-state index in [1.54, 1.807) is 0 Å². The van der Waals surface area contributed by atoms with Gasteiger partial charge in [0, 0.05) is 26.2 Å². The number of benzene rings is 1. The average molecular weight is 276 g/mol. The molecule has 0 aromatic heterocycles. The number of amides is 1. The van der Waals surface area contributed by atoms with E-state index in [9.17, 15) is 4.79 Å². The Balaban J connectivity index is 1.97. The van der Waals surface area contributed by atoms with Crippen LogP contribution < -0.4 is 5.73 Å². The van der Waals surface area contributed by atoms with Crippen LogP contribution in [0.2, 0.25) is 0 Å². The van der Waals surface area contributed by atoms with Crippen molar-refractivity contribution in [2.45, 2.75) is 32.2 Å². The van der Waals surface area contributed by atoms with Crippen molar-refractivity contribution >= 4 is 5.91 Å². The molecule has 1 heterocycles. The lowest BCUT2D eigenvalue weighted by Gasteiger charge is -2.32. The van der Waals surface area contributed by atoms with Gasteiger partial charge in [0.1, 0.15) is 0 Å². The molecule has 1 fully saturated rings. The number of aliphatic hydroxyl groups is 1. The molecule has 0 bridgehead atoms. The molecule has 1 aromatic rings. The number of aliphatic hydroxyl groups excluding tert-OH is 1. The monoisotopic (exact) mass is 276 g/mol. The quantitative estimate of drug-likeness (QED) is 0.852. The van der Waals surface area contributed by atoms with E-state index in [1.807, 2.05) is 29.2 Å². The topological polar surface area (TPSA) is 66.6 Å². The summed E-state index contributed by atoms with van der Waals surface area (Å²) in [4.78, 5) is 14.3. The largest absolute Gasteiger partial charge is 0.396 e. The van der Waals surface area contributed by atoms with Gasteiger partial charge < -0.3 is 15.7 Å². The number of nitrogens with two attached hydrogens (primary N) is 1. The van der Waals surface area contributed by atoms with Crippen molar-refractivity contribution in [3.05, 3.63) is 35.4 Å². The lowest BCUT2D eigenvalue weighted by molar-refractivity contribution is -0.132. The Morgan fingerprint density at radius 1 is 1.35 bits per heavy atom. The highest BCUT2D eigenvalue weighted by Gasteiger charge is 2.23. The van der Waals surface area contributed by atoms with Crippen LogP contribution in [0.25, 0.3) is 0 Å². The van der Waals surface area contributed by atoms with Crippen LogP contribution in [0.5, 0.6) is 0 Å². The Labute approximate surface area is 120 Å². The first-order valence-electron chi connectivity index (χ1n) is 7.40. The van der Waals surface area contributed by atoms with E-state index in [4.69, 9.17) is 10.8 Å². The Morgan fingerprint density at radius 2 is 2.10 bits per heavy atom. The number of hydrogen-bond donors (Lipinski definition) is 2. The molecule has 0 saturated carbocycles. The number of hydrogen-bond acceptors (Lipinski definition) is 3. The molecule has 1 atom stereocenters. The molecule has 0 spiro atoms. The summed E-state index contributed by atoms with van der Waals surface area (Å²) in [6, 6.07) is 7.86. The Bertz CT molecular complexity index is 446. The van der Waals surface area contributed by atoms with E-state index in [1.165, 1.54) is 0 Å². The summed E-state index contributed by atoms with van der Waals surface area (Å²) in [5.41, 5.74) is 7.79. The van der Waals surface area contributed by atoms with Crippen molar-refractivity contribution in [1.29, 1.82) is 0 Å². The highest BCUT2D eigenvalue weighted by atomic mass is 16.3. The third kappa shape index (κ3) is 3.81. The van der Waals surface area contributed by atoms with E-state index < -0.39 is 0 Å². The predicted octanol–water partition coefficient (Wildman–Crippen LogP) is 1.31. The van der Waals surface area contributed by atoms with Gasteiger partial charge in [0.2, 0.25) is 5.91 Å². The number of carbonyl (C=O) groups excluding carboxylic acids is 1. The maximum Gasteiger partial charge on any atom is 0.227 e. The van der Waals surface area contributed by atoms with Crippen LogP contribution in [-0.4, -0.2) is 35.6 Å². The summed E-state index contributed by atoms with van der Waals surface area (Å²) in [6.07, 6.45) is 3.38. The fraction of sp³-hybridized carbons (Fsp3) is 0.562. The minimum atomic E-state index is 0.175. The second-order valence-corrected chi connectivity index (χ2v) is 5.51. The Hall–Kier alpha value is -1.39. The minimum Gasteiger partial charge on any atom is -0.396 e. The molecule has 110 valence electrons. The third-order valence-corrected chi connectivity index (χ3v) is 4.09. The van der Waals surface area contributed by atoms with Crippen molar-refractivity contribution in [2.24, 2.45) is 11.7 Å². The second-order valence-electron chi connectivity index (χ2n) is 5.51. The zero-order valence-electron chi connectivity index (χ0n) is 11.9. The number of likely N-dealkylation sites (tertiary alicyclic amines) is 1. The van der Waals surface area contributed by atoms with Crippen molar-refractivity contribution in [3.8, 4) is 0 Å². The van der Waals surface area contributed by atoms with Gasteiger partial charge in [-0.25, -0.2) is 0 Å². The summed E-state index contributed by atoms with van der Waals surface area (Å²) >= 11 is 0. The summed E-state index contributed by atoms with van der Waals surface area (Å²) in [6.45, 7) is 2.30. The van der Waals surface area contributed by atoms with Crippen LogP contribution in [0, 0.1) is 5.92 Å². The maximum atomic E-state index is 12.4. The number of piperidine rings is 1. The molecule has 0 radical (unpaired) electrons. The molecule has 1 unspecified atom stereocenters. The van der Waals surface area contributed by atoms with Gasteiger partial charge >= 0.3 is 0 Å². The van der Waals surface area contributed by atoms with Gasteiger partial charge in [-0.2, -0.15) is 0 Å². The maximum absolute atomic E-state index is 12.4. The predicted molar refractivity (Wildman–Crippen MR) is 79.0 cm³/mol. The van der Waals surface area contributed by atoms with Gasteiger partial charge in [-0.3, -0.25) is 4.79 Å². The zero-order valence-corrected chi connectivity index (χ0v) is 11.9. The fourth-order valence-corrected chi connectivity index (χ4v) is 2.91. The summed E-state index contributed by atoms with van der Waals surface area (Å²) in [5, 5.41) is 9.03. The molecule has 4 heteroatoms. The summed E-state index contributed by atoms with van der Waals surface area (Å²) in [7, 11) is 0. The van der Waals surface area contributed by atoms with Crippen molar-refractivity contribution in [2.75, 3.05) is 19.7 Å². The molecule has 1 saturated heterocycles. The van der Waals surface area contributed by atoms with Gasteiger partial charge in [-0.1, -0.05) is 24.3 Å². The van der Waals surface area contributed by atoms with Crippen LogP contribution in [0.1, 0.15) is 30.4 Å². The Morgan fingerprint density at radius 3 is 2.80 bits per heavy atom. The van der Waals surface area contributed by atoms with E-state index in [0.717, 1.165) is 43.5 Å². The molecule has 0 aliphatic carbocycles. The lowest BCUT2D eigenvalue weighted by Crippen LogP contribution is -2.41. The highest BCUT2D eigenvalue weighted by Crippen LogP contribution is 2.20. The zero-order chi connectivity index (χ0) is 14.4. The van der Waals surface area contributed by atoms with Crippen molar-refractivity contribution < 1.29 is 9.90 Å². The first kappa shape index (κ1) is 15.0. The average Bonchev–Trinajstić information content (AvgIpc) is 2.48. The normalized spacial score (nSPS) is 19.1. The van der Waals surface area contributed by atoms with Gasteiger partial charge in [0.25, 0.3) is 0 Å². The highest BCUT2D eigenvalue weighted by molar-refractivity contribution is 5.79. The summed E-state index contributed by atoms with van der Waals surface area (Å²) < 4.78 is 0. The second kappa shape index (κ2) is 7.41. The standard InChI is InChI=1S/C16H24N2O2/c17-11-15-6-2-1-5-14(15)10-16(20)18-8-3-4-13(12-18)7-9-19/h1-2,5-6,13,19H,3-4,7-12,17H2. The van der Waals surface area contributed by atoms with Gasteiger partial charge in [0.05, 0.1) is 6.42 Å².